The summed E-state index contributed by atoms with van der Waals surface area (Å²) in [6.07, 6.45) is 17.2. The lowest BCUT2D eigenvalue weighted by Crippen LogP contribution is -2.37. The lowest BCUT2D eigenvalue weighted by Gasteiger charge is -2.34. The van der Waals surface area contributed by atoms with Gasteiger partial charge in [-0.2, -0.15) is 0 Å². The van der Waals surface area contributed by atoms with Crippen molar-refractivity contribution in [2.24, 2.45) is 23.7 Å². The van der Waals surface area contributed by atoms with Crippen molar-refractivity contribution in [2.45, 2.75) is 111 Å². The smallest absolute Gasteiger partial charge is 0.141 e. The average Bonchev–Trinajstić information content (AvgIpc) is 2.89. The van der Waals surface area contributed by atoms with E-state index in [0.717, 1.165) is 60.2 Å². The Morgan fingerprint density at radius 1 is 0.921 bits per heavy atom. The summed E-state index contributed by atoms with van der Waals surface area (Å²) in [5, 5.41) is 9.98. The van der Waals surface area contributed by atoms with Crippen LogP contribution in [0.3, 0.4) is 0 Å². The summed E-state index contributed by atoms with van der Waals surface area (Å²) in [6.45, 7) is 18.9. The molecule has 0 aromatic rings. The van der Waals surface area contributed by atoms with Crippen LogP contribution in [0.25, 0.3) is 0 Å². The Morgan fingerprint density at radius 2 is 1.42 bits per heavy atom. The third-order valence-corrected chi connectivity index (χ3v) is 7.55. The van der Waals surface area contributed by atoms with E-state index >= 15 is 0 Å². The highest BCUT2D eigenvalue weighted by Crippen LogP contribution is 2.38. The molecule has 0 heterocycles. The summed E-state index contributed by atoms with van der Waals surface area (Å²) in [4.78, 5) is 9.94. The molecule has 2 aliphatic carbocycles. The number of ether oxygens (including phenoxy) is 2. The lowest BCUT2D eigenvalue weighted by atomic mass is 9.73. The van der Waals surface area contributed by atoms with Gasteiger partial charge in [-0.05, 0) is 76.2 Å². The van der Waals surface area contributed by atoms with Gasteiger partial charge < -0.3 is 30.2 Å². The van der Waals surface area contributed by atoms with Gasteiger partial charge in [0.25, 0.3) is 0 Å². The van der Waals surface area contributed by atoms with E-state index in [1.54, 1.807) is 28.3 Å². The molecule has 0 aromatic carbocycles. The summed E-state index contributed by atoms with van der Waals surface area (Å²) < 4.78 is 9.50. The van der Waals surface area contributed by atoms with E-state index in [1.807, 2.05) is 6.92 Å². The van der Waals surface area contributed by atoms with Crippen LogP contribution < -0.4 is 16.0 Å². The fourth-order valence-corrected chi connectivity index (χ4v) is 5.26. The molecule has 0 amide bonds. The van der Waals surface area contributed by atoms with Crippen molar-refractivity contribution in [3.63, 3.8) is 0 Å². The maximum Gasteiger partial charge on any atom is 0.141 e. The molecule has 2 rings (SSSR count). The van der Waals surface area contributed by atoms with Crippen molar-refractivity contribution >= 4 is 6.29 Å². The summed E-state index contributed by atoms with van der Waals surface area (Å²) in [7, 11) is 4.93. The van der Waals surface area contributed by atoms with Crippen molar-refractivity contribution in [1.82, 2.24) is 16.0 Å². The lowest BCUT2D eigenvalue weighted by molar-refractivity contribution is -0.109. The van der Waals surface area contributed by atoms with Crippen molar-refractivity contribution in [1.29, 1.82) is 0 Å². The zero-order chi connectivity index (χ0) is 28.9. The molecule has 6 heteroatoms. The standard InChI is InChI=1S/C24H44N2O.C6H11NO.C2H6O/c1-6-7-24(26-19(3)20(4)27-5)25-17-23-14-12-22(13-15-23)16-21-10-8-18(2)9-11-21;1-5(2)7-6(3)4-8;1-3-2/h7,18-19,21-23,25-26H,4,6,8-17H2,1-3,5H3;4,6-7H,1H2,2-3H3;1-2H3. The Hall–Kier alpha value is -1.95. The van der Waals surface area contributed by atoms with Crippen LogP contribution in [0.2, 0.25) is 0 Å². The van der Waals surface area contributed by atoms with Crippen LogP contribution in [0.5, 0.6) is 0 Å². The molecular weight excluding hydrogens is 474 g/mol. The van der Waals surface area contributed by atoms with Gasteiger partial charge >= 0.3 is 0 Å². The Kier molecular flexibility index (Phi) is 20.8. The first-order valence-electron chi connectivity index (χ1n) is 14.8. The van der Waals surface area contributed by atoms with Gasteiger partial charge in [-0.25, -0.2) is 0 Å². The highest BCUT2D eigenvalue weighted by molar-refractivity contribution is 5.57. The van der Waals surface area contributed by atoms with Gasteiger partial charge in [0.1, 0.15) is 12.0 Å². The molecule has 0 aliphatic heterocycles. The number of methoxy groups -OCH3 is 2. The third-order valence-electron chi connectivity index (χ3n) is 7.55. The normalized spacial score (nSPS) is 24.7. The molecule has 0 bridgehead atoms. The first-order chi connectivity index (χ1) is 18.1. The molecule has 2 aliphatic rings. The number of carbonyl (C=O) groups is 1. The van der Waals surface area contributed by atoms with Crippen LogP contribution in [0.1, 0.15) is 98.8 Å². The van der Waals surface area contributed by atoms with Crippen LogP contribution in [0, 0.1) is 23.7 Å². The van der Waals surface area contributed by atoms with E-state index < -0.39 is 0 Å². The zero-order valence-corrected chi connectivity index (χ0v) is 26.0. The molecule has 6 nitrogen and oxygen atoms in total. The molecule has 3 N–H and O–H groups in total. The average molecular weight is 536 g/mol. The molecule has 2 fully saturated rings. The second kappa shape index (κ2) is 21.9. The number of hydrogen-bond donors (Lipinski definition) is 3. The van der Waals surface area contributed by atoms with Crippen LogP contribution in [0.4, 0.5) is 0 Å². The summed E-state index contributed by atoms with van der Waals surface area (Å²) >= 11 is 0. The molecule has 0 spiro atoms. The summed E-state index contributed by atoms with van der Waals surface area (Å²) in [5.41, 5.74) is 0.824. The number of carbonyl (C=O) groups excluding carboxylic acids is 1. The van der Waals surface area contributed by atoms with E-state index in [0.29, 0.717) is 0 Å². The predicted octanol–water partition coefficient (Wildman–Crippen LogP) is 6.95. The molecular formula is C32H61N3O3. The molecule has 222 valence electrons. The van der Waals surface area contributed by atoms with Gasteiger partial charge in [0.05, 0.1) is 25.0 Å². The van der Waals surface area contributed by atoms with E-state index in [-0.39, 0.29) is 12.1 Å². The Morgan fingerprint density at radius 3 is 1.84 bits per heavy atom. The Labute approximate surface area is 235 Å². The highest BCUT2D eigenvalue weighted by atomic mass is 16.5. The second-order valence-electron chi connectivity index (χ2n) is 11.4. The maximum absolute atomic E-state index is 9.94. The maximum atomic E-state index is 9.94. The zero-order valence-electron chi connectivity index (χ0n) is 26.0. The fourth-order valence-electron chi connectivity index (χ4n) is 5.26. The van der Waals surface area contributed by atoms with Crippen LogP contribution in [-0.4, -0.2) is 46.2 Å². The van der Waals surface area contributed by atoms with Gasteiger partial charge in [-0.1, -0.05) is 65.5 Å². The summed E-state index contributed by atoms with van der Waals surface area (Å²) in [6, 6.07) is 0.0155. The van der Waals surface area contributed by atoms with Crippen molar-refractivity contribution < 1.29 is 14.3 Å². The summed E-state index contributed by atoms with van der Waals surface area (Å²) in [5.74, 6) is 5.72. The number of hydrogen-bond acceptors (Lipinski definition) is 6. The SMILES string of the molecule is C=C(C)NC(C)C=O.C=C(OC)C(C)NC(=CCC)NCC1CCC(CC2CCC(C)CC2)CC1.COC. The third kappa shape index (κ3) is 17.5. The minimum atomic E-state index is -0.104. The van der Waals surface area contributed by atoms with Gasteiger partial charge in [0.15, 0.2) is 0 Å². The quantitative estimate of drug-likeness (QED) is 0.175. The van der Waals surface area contributed by atoms with Gasteiger partial charge in [-0.15, -0.1) is 0 Å². The molecule has 2 atom stereocenters. The number of rotatable bonds is 13. The van der Waals surface area contributed by atoms with E-state index in [4.69, 9.17) is 4.74 Å². The number of allylic oxidation sites excluding steroid dienone is 2. The van der Waals surface area contributed by atoms with Crippen molar-refractivity contribution in [3.8, 4) is 0 Å². The fraction of sp³-hybridized carbons (Fsp3) is 0.781. The van der Waals surface area contributed by atoms with Crippen molar-refractivity contribution in [3.05, 3.63) is 36.5 Å². The van der Waals surface area contributed by atoms with Crippen LogP contribution >= 0.6 is 0 Å². The minimum Gasteiger partial charge on any atom is -0.500 e. The molecule has 0 radical (unpaired) electrons. The van der Waals surface area contributed by atoms with E-state index in [9.17, 15) is 4.79 Å². The van der Waals surface area contributed by atoms with E-state index in [1.165, 1.54) is 57.8 Å². The Balaban J connectivity index is 0.00000105. The van der Waals surface area contributed by atoms with E-state index in [2.05, 4.69) is 60.7 Å². The van der Waals surface area contributed by atoms with Crippen LogP contribution in [-0.2, 0) is 14.3 Å². The molecule has 0 aromatic heterocycles. The molecule has 2 saturated carbocycles. The Bertz CT molecular complexity index is 663. The van der Waals surface area contributed by atoms with Gasteiger partial charge in [-0.3, -0.25) is 0 Å². The minimum absolute atomic E-state index is 0.104. The number of aldehydes is 1. The van der Waals surface area contributed by atoms with Gasteiger partial charge in [0, 0.05) is 26.5 Å². The second-order valence-corrected chi connectivity index (χ2v) is 11.4. The van der Waals surface area contributed by atoms with Crippen molar-refractivity contribution in [2.75, 3.05) is 27.9 Å². The first kappa shape index (κ1) is 36.0. The predicted molar refractivity (Wildman–Crippen MR) is 163 cm³/mol. The molecule has 2 unspecified atom stereocenters. The highest BCUT2D eigenvalue weighted by Gasteiger charge is 2.26. The molecule has 0 saturated heterocycles. The van der Waals surface area contributed by atoms with Gasteiger partial charge in [0.2, 0.25) is 0 Å². The number of nitrogens with one attached hydrogen (secondary N) is 3. The monoisotopic (exact) mass is 535 g/mol. The largest absolute Gasteiger partial charge is 0.500 e. The first-order valence-corrected chi connectivity index (χ1v) is 14.8. The molecule has 38 heavy (non-hydrogen) atoms. The van der Waals surface area contributed by atoms with Crippen LogP contribution in [0.15, 0.2) is 36.5 Å². The topological polar surface area (TPSA) is 71.6 Å².